The lowest BCUT2D eigenvalue weighted by atomic mass is 9.81. The van der Waals surface area contributed by atoms with Crippen molar-refractivity contribution >= 4 is 24.7 Å². The van der Waals surface area contributed by atoms with Gasteiger partial charge in [-0.2, -0.15) is 0 Å². The summed E-state index contributed by atoms with van der Waals surface area (Å²) in [4.78, 5) is 0. The Morgan fingerprint density at radius 3 is 1.71 bits per heavy atom. The van der Waals surface area contributed by atoms with E-state index in [0.717, 1.165) is 12.5 Å². The molecule has 0 aliphatic carbocycles. The molecule has 4 nitrogen and oxygen atoms in total. The third-order valence-corrected chi connectivity index (χ3v) is 18.9. The standard InChI is InChI=1S/C24H52O4Si3/c1-20(2,3)30(12,13)25-17-23-16-19(26-31(14,15)21(4,5)6)24(28-23,18-29(9,10)11)27-22(23,7)8/h19H,16-18H2,1-15H3/t19-,23-,24-/m0/s1. The van der Waals surface area contributed by atoms with Gasteiger partial charge in [0, 0.05) is 6.42 Å². The van der Waals surface area contributed by atoms with Crippen molar-refractivity contribution < 1.29 is 18.3 Å². The van der Waals surface area contributed by atoms with Crippen molar-refractivity contribution in [3.8, 4) is 0 Å². The number of fused-ring (bicyclic) bond motifs is 2. The molecule has 2 heterocycles. The molecule has 3 atom stereocenters. The first-order chi connectivity index (χ1) is 13.4. The van der Waals surface area contributed by atoms with Gasteiger partial charge in [0.15, 0.2) is 22.4 Å². The number of hydrogen-bond acceptors (Lipinski definition) is 4. The Morgan fingerprint density at radius 1 is 0.806 bits per heavy atom. The molecule has 31 heavy (non-hydrogen) atoms. The molecule has 0 amide bonds. The van der Waals surface area contributed by atoms with E-state index < -0.39 is 41.7 Å². The van der Waals surface area contributed by atoms with Crippen LogP contribution in [0.1, 0.15) is 61.8 Å². The quantitative estimate of drug-likeness (QED) is 0.350. The average molecular weight is 489 g/mol. The first-order valence-electron chi connectivity index (χ1n) is 12.1. The van der Waals surface area contributed by atoms with Crippen LogP contribution in [0.2, 0.25) is 61.9 Å². The van der Waals surface area contributed by atoms with E-state index in [1.807, 2.05) is 0 Å². The van der Waals surface area contributed by atoms with E-state index in [0.29, 0.717) is 6.61 Å². The lowest BCUT2D eigenvalue weighted by molar-refractivity contribution is -0.208. The molecule has 7 heteroatoms. The second kappa shape index (κ2) is 7.75. The van der Waals surface area contributed by atoms with Gasteiger partial charge >= 0.3 is 0 Å². The smallest absolute Gasteiger partial charge is 0.192 e. The molecule has 2 aliphatic rings. The second-order valence-corrected chi connectivity index (χ2v) is 29.9. The van der Waals surface area contributed by atoms with Gasteiger partial charge in [-0.1, -0.05) is 61.2 Å². The highest BCUT2D eigenvalue weighted by atomic mass is 28.4. The maximum atomic E-state index is 7.03. The predicted molar refractivity (Wildman–Crippen MR) is 140 cm³/mol. The summed E-state index contributed by atoms with van der Waals surface area (Å²) in [5.41, 5.74) is -0.864. The van der Waals surface area contributed by atoms with Gasteiger partial charge in [-0.05, 0) is 56.2 Å². The van der Waals surface area contributed by atoms with E-state index >= 15 is 0 Å². The zero-order valence-corrected chi connectivity index (χ0v) is 26.3. The maximum absolute atomic E-state index is 7.03. The number of rotatable bonds is 7. The molecule has 184 valence electrons. The molecule has 0 aromatic carbocycles. The lowest BCUT2D eigenvalue weighted by Crippen LogP contribution is -2.60. The molecule has 0 unspecified atom stereocenters. The minimum atomic E-state index is -1.98. The Labute approximate surface area is 196 Å². The van der Waals surface area contributed by atoms with Crippen molar-refractivity contribution in [1.82, 2.24) is 0 Å². The molecular formula is C24H52O4Si3. The molecule has 2 fully saturated rings. The monoisotopic (exact) mass is 488 g/mol. The Morgan fingerprint density at radius 2 is 1.29 bits per heavy atom. The third-order valence-electron chi connectivity index (χ3n) is 8.39. The molecule has 0 saturated carbocycles. The Bertz CT molecular complexity index is 670. The van der Waals surface area contributed by atoms with Gasteiger partial charge in [-0.3, -0.25) is 0 Å². The summed E-state index contributed by atoms with van der Waals surface area (Å²) in [6.07, 6.45) is 0.821. The summed E-state index contributed by atoms with van der Waals surface area (Å²) in [5, 5.41) is 0.313. The van der Waals surface area contributed by atoms with Gasteiger partial charge in [0.25, 0.3) is 0 Å². The van der Waals surface area contributed by atoms with Gasteiger partial charge in [-0.25, -0.2) is 0 Å². The second-order valence-electron chi connectivity index (χ2n) is 14.9. The first-order valence-corrected chi connectivity index (χ1v) is 21.6. The molecule has 0 aromatic rings. The zero-order valence-electron chi connectivity index (χ0n) is 23.3. The van der Waals surface area contributed by atoms with Crippen LogP contribution >= 0.6 is 0 Å². The van der Waals surface area contributed by atoms with Crippen LogP contribution in [0.4, 0.5) is 0 Å². The van der Waals surface area contributed by atoms with E-state index in [-0.39, 0.29) is 16.2 Å². The van der Waals surface area contributed by atoms with E-state index in [1.165, 1.54) is 0 Å². The first kappa shape index (κ1) is 27.7. The highest BCUT2D eigenvalue weighted by Gasteiger charge is 2.73. The van der Waals surface area contributed by atoms with Gasteiger partial charge in [0.1, 0.15) is 11.7 Å². The SMILES string of the molecule is CC1(C)O[C@@]2(C[Si](C)(C)C)O[C@]1(CO[Si](C)(C)C(C)(C)C)C[C@@H]2O[Si](C)(C)C(C)(C)C. The van der Waals surface area contributed by atoms with Crippen LogP contribution in [-0.4, -0.2) is 54.4 Å². The summed E-state index contributed by atoms with van der Waals surface area (Å²) >= 11 is 0. The van der Waals surface area contributed by atoms with E-state index in [2.05, 4.69) is 101 Å². The molecule has 0 aromatic heterocycles. The van der Waals surface area contributed by atoms with Crippen LogP contribution in [0.5, 0.6) is 0 Å². The fourth-order valence-electron chi connectivity index (χ4n) is 4.24. The summed E-state index contributed by atoms with van der Waals surface area (Å²) in [6.45, 7) is 35.3. The lowest BCUT2D eigenvalue weighted by Gasteiger charge is -2.48. The molecule has 0 radical (unpaired) electrons. The normalized spacial score (nSPS) is 32.0. The zero-order chi connectivity index (χ0) is 24.5. The Hall–Kier alpha value is 0.491. The van der Waals surface area contributed by atoms with Gasteiger partial charge in [0.05, 0.1) is 20.3 Å². The molecular weight excluding hydrogens is 437 g/mol. The minimum absolute atomic E-state index is 0.0313. The summed E-state index contributed by atoms with van der Waals surface area (Å²) in [5.74, 6) is -0.652. The van der Waals surface area contributed by atoms with Crippen molar-refractivity contribution in [3.05, 3.63) is 0 Å². The van der Waals surface area contributed by atoms with Crippen LogP contribution < -0.4 is 0 Å². The summed E-state index contributed by atoms with van der Waals surface area (Å²) in [7, 11) is -5.37. The average Bonchev–Trinajstić information content (AvgIpc) is 2.85. The van der Waals surface area contributed by atoms with Crippen molar-refractivity contribution in [2.45, 2.75) is 147 Å². The minimum Gasteiger partial charge on any atom is -0.414 e. The van der Waals surface area contributed by atoms with Crippen molar-refractivity contribution in [1.29, 1.82) is 0 Å². The van der Waals surface area contributed by atoms with E-state index in [9.17, 15) is 0 Å². The van der Waals surface area contributed by atoms with Crippen molar-refractivity contribution in [2.24, 2.45) is 0 Å². The predicted octanol–water partition coefficient (Wildman–Crippen LogP) is 7.40. The maximum Gasteiger partial charge on any atom is 0.192 e. The summed E-state index contributed by atoms with van der Waals surface area (Å²) in [6, 6.07) is 0.949. The fraction of sp³-hybridized carbons (Fsp3) is 1.00. The third kappa shape index (κ3) is 5.28. The fourth-order valence-corrected chi connectivity index (χ4v) is 8.44. The van der Waals surface area contributed by atoms with Gasteiger partial charge in [0.2, 0.25) is 0 Å². The van der Waals surface area contributed by atoms with Crippen LogP contribution in [0.15, 0.2) is 0 Å². The molecule has 2 saturated heterocycles. The van der Waals surface area contributed by atoms with Gasteiger partial charge in [-0.15, -0.1) is 0 Å². The van der Waals surface area contributed by atoms with E-state index in [1.54, 1.807) is 0 Å². The number of hydrogen-bond donors (Lipinski definition) is 0. The van der Waals surface area contributed by atoms with Crippen molar-refractivity contribution in [2.75, 3.05) is 6.61 Å². The Kier molecular flexibility index (Phi) is 6.93. The topological polar surface area (TPSA) is 36.9 Å². The molecule has 0 spiro atoms. The van der Waals surface area contributed by atoms with Crippen molar-refractivity contribution in [3.63, 3.8) is 0 Å². The van der Waals surface area contributed by atoms with Crippen LogP contribution in [0, 0.1) is 0 Å². The van der Waals surface area contributed by atoms with E-state index in [4.69, 9.17) is 18.3 Å². The highest BCUT2D eigenvalue weighted by molar-refractivity contribution is 6.76. The van der Waals surface area contributed by atoms with Crippen LogP contribution in [0.25, 0.3) is 0 Å². The number of ether oxygens (including phenoxy) is 2. The van der Waals surface area contributed by atoms with Gasteiger partial charge < -0.3 is 18.3 Å². The molecule has 2 bridgehead atoms. The Balaban J connectivity index is 2.42. The van der Waals surface area contributed by atoms with Crippen LogP contribution in [0.3, 0.4) is 0 Å². The largest absolute Gasteiger partial charge is 0.414 e. The molecule has 2 aliphatic heterocycles. The molecule has 2 rings (SSSR count). The van der Waals surface area contributed by atoms with Crippen LogP contribution in [-0.2, 0) is 18.3 Å². The highest BCUT2D eigenvalue weighted by Crippen LogP contribution is 2.60. The summed E-state index contributed by atoms with van der Waals surface area (Å²) < 4.78 is 27.7. The molecule has 0 N–H and O–H groups in total.